The summed E-state index contributed by atoms with van der Waals surface area (Å²) in [5, 5.41) is 3.39. The minimum absolute atomic E-state index is 0.218. The zero-order valence-electron chi connectivity index (χ0n) is 11.3. The Labute approximate surface area is 113 Å². The van der Waals surface area contributed by atoms with E-state index in [1.54, 1.807) is 0 Å². The molecule has 1 aromatic rings. The number of nitrogens with zero attached hydrogens (tertiary/aromatic N) is 1. The molecule has 2 unspecified atom stereocenters. The van der Waals surface area contributed by atoms with Crippen LogP contribution in [0.15, 0.2) is 12.1 Å². The van der Waals surface area contributed by atoms with Crippen molar-refractivity contribution in [3.05, 3.63) is 12.1 Å². The number of aromatic nitrogens is 1. The third kappa shape index (κ3) is 3.10. The summed E-state index contributed by atoms with van der Waals surface area (Å²) in [6, 6.07) is 4.05. The highest BCUT2D eigenvalue weighted by molar-refractivity contribution is 5.54. The van der Waals surface area contributed by atoms with Gasteiger partial charge in [0.15, 0.2) is 0 Å². The first kappa shape index (κ1) is 12.5. The van der Waals surface area contributed by atoms with Crippen LogP contribution in [0.5, 0.6) is 5.88 Å². The molecule has 2 fully saturated rings. The summed E-state index contributed by atoms with van der Waals surface area (Å²) in [5.74, 6) is 2.05. The van der Waals surface area contributed by atoms with Crippen molar-refractivity contribution in [2.75, 3.05) is 24.3 Å². The van der Waals surface area contributed by atoms with Crippen molar-refractivity contribution in [2.45, 2.75) is 38.3 Å². The second-order valence-corrected chi connectivity index (χ2v) is 5.46. The largest absolute Gasteiger partial charge is 0.476 e. The number of rotatable bonds is 5. The van der Waals surface area contributed by atoms with Gasteiger partial charge in [-0.3, -0.25) is 0 Å². The molecule has 0 aromatic carbocycles. The minimum Gasteiger partial charge on any atom is -0.476 e. The van der Waals surface area contributed by atoms with Gasteiger partial charge in [0.05, 0.1) is 24.4 Å². The predicted octanol–water partition coefficient (Wildman–Crippen LogP) is 2.04. The van der Waals surface area contributed by atoms with Gasteiger partial charge in [0.2, 0.25) is 5.88 Å². The predicted molar refractivity (Wildman–Crippen MR) is 74.3 cm³/mol. The van der Waals surface area contributed by atoms with Crippen molar-refractivity contribution in [1.29, 1.82) is 0 Å². The van der Waals surface area contributed by atoms with Crippen molar-refractivity contribution in [2.24, 2.45) is 5.92 Å². The van der Waals surface area contributed by atoms with E-state index in [1.807, 2.05) is 12.1 Å². The summed E-state index contributed by atoms with van der Waals surface area (Å²) in [6.07, 6.45) is 3.74. The van der Waals surface area contributed by atoms with E-state index in [0.29, 0.717) is 23.5 Å². The molecule has 0 radical (unpaired) electrons. The monoisotopic (exact) mass is 263 g/mol. The number of nitrogens with two attached hydrogens (primary N) is 1. The lowest BCUT2D eigenvalue weighted by Crippen LogP contribution is -2.27. The summed E-state index contributed by atoms with van der Waals surface area (Å²) in [6.45, 7) is 3.61. The van der Waals surface area contributed by atoms with Gasteiger partial charge in [-0.15, -0.1) is 0 Å². The molecule has 1 saturated carbocycles. The maximum absolute atomic E-state index is 5.89. The number of pyridine rings is 1. The Morgan fingerprint density at radius 2 is 2.26 bits per heavy atom. The molecule has 0 bridgehead atoms. The molecule has 0 amide bonds. The van der Waals surface area contributed by atoms with Crippen LogP contribution in [-0.4, -0.2) is 30.3 Å². The smallest absolute Gasteiger partial charge is 0.239 e. The van der Waals surface area contributed by atoms with Gasteiger partial charge in [0.25, 0.3) is 0 Å². The molecule has 5 nitrogen and oxygen atoms in total. The van der Waals surface area contributed by atoms with Crippen LogP contribution in [0.1, 0.15) is 26.2 Å². The zero-order chi connectivity index (χ0) is 13.2. The first-order valence-corrected chi connectivity index (χ1v) is 7.00. The number of anilines is 2. The van der Waals surface area contributed by atoms with Gasteiger partial charge in [0, 0.05) is 6.61 Å². The van der Waals surface area contributed by atoms with Crippen LogP contribution >= 0.6 is 0 Å². The van der Waals surface area contributed by atoms with Gasteiger partial charge < -0.3 is 20.5 Å². The van der Waals surface area contributed by atoms with Gasteiger partial charge >= 0.3 is 0 Å². The average Bonchev–Trinajstić information content (AvgIpc) is 3.14. The molecule has 1 aliphatic heterocycles. The van der Waals surface area contributed by atoms with Gasteiger partial charge in [-0.25, -0.2) is 0 Å². The number of nitrogens with one attached hydrogen (secondary N) is 1. The first-order chi connectivity index (χ1) is 9.22. The Bertz CT molecular complexity index is 448. The van der Waals surface area contributed by atoms with E-state index in [-0.39, 0.29) is 6.10 Å². The normalized spacial score (nSPS) is 26.4. The minimum atomic E-state index is 0.218. The lowest BCUT2D eigenvalue weighted by molar-refractivity contribution is 0.121. The molecule has 19 heavy (non-hydrogen) atoms. The molecule has 1 aliphatic carbocycles. The molecule has 1 saturated heterocycles. The van der Waals surface area contributed by atoms with Crippen LogP contribution in [0.25, 0.3) is 0 Å². The lowest BCUT2D eigenvalue weighted by Gasteiger charge is -2.17. The lowest BCUT2D eigenvalue weighted by atomic mass is 10.1. The number of hydrogen-bond donors (Lipinski definition) is 2. The highest BCUT2D eigenvalue weighted by Gasteiger charge is 2.25. The van der Waals surface area contributed by atoms with Crippen molar-refractivity contribution >= 4 is 11.5 Å². The van der Waals surface area contributed by atoms with Crippen molar-refractivity contribution in [3.8, 4) is 5.88 Å². The van der Waals surface area contributed by atoms with Gasteiger partial charge in [-0.1, -0.05) is 0 Å². The molecular weight excluding hydrogens is 242 g/mol. The Morgan fingerprint density at radius 1 is 1.42 bits per heavy atom. The fourth-order valence-electron chi connectivity index (χ4n) is 2.24. The SMILES string of the molecule is CC1OCCC1Nc1ccc(N)c(OCC2CC2)n1. The van der Waals surface area contributed by atoms with E-state index < -0.39 is 0 Å². The molecule has 0 spiro atoms. The summed E-state index contributed by atoms with van der Waals surface area (Å²) in [5.41, 5.74) is 6.49. The number of hydrogen-bond acceptors (Lipinski definition) is 5. The highest BCUT2D eigenvalue weighted by atomic mass is 16.5. The molecular formula is C14H21N3O2. The fraction of sp³-hybridized carbons (Fsp3) is 0.643. The van der Waals surface area contributed by atoms with Crippen LogP contribution in [0.2, 0.25) is 0 Å². The van der Waals surface area contributed by atoms with Gasteiger partial charge in [-0.05, 0) is 44.2 Å². The number of ether oxygens (including phenoxy) is 2. The van der Waals surface area contributed by atoms with Gasteiger partial charge in [0.1, 0.15) is 5.82 Å². The summed E-state index contributed by atoms with van der Waals surface area (Å²) < 4.78 is 11.2. The van der Waals surface area contributed by atoms with E-state index >= 15 is 0 Å². The van der Waals surface area contributed by atoms with E-state index in [4.69, 9.17) is 15.2 Å². The molecule has 2 atom stereocenters. The maximum Gasteiger partial charge on any atom is 0.239 e. The molecule has 2 heterocycles. The molecule has 5 heteroatoms. The van der Waals surface area contributed by atoms with Crippen LogP contribution in [0.3, 0.4) is 0 Å². The van der Waals surface area contributed by atoms with Crippen LogP contribution < -0.4 is 15.8 Å². The standard InChI is InChI=1S/C14H21N3O2/c1-9-12(6-7-18-9)16-13-5-4-11(15)14(17-13)19-8-10-2-3-10/h4-5,9-10,12H,2-3,6-8,15H2,1H3,(H,16,17). The van der Waals surface area contributed by atoms with Gasteiger partial charge in [-0.2, -0.15) is 4.98 Å². The molecule has 2 aliphatic rings. The summed E-state index contributed by atoms with van der Waals surface area (Å²) in [4.78, 5) is 4.46. The first-order valence-electron chi connectivity index (χ1n) is 7.00. The Balaban J connectivity index is 1.65. The van der Waals surface area contributed by atoms with Crippen molar-refractivity contribution in [1.82, 2.24) is 4.98 Å². The van der Waals surface area contributed by atoms with Crippen LogP contribution in [-0.2, 0) is 4.74 Å². The second kappa shape index (κ2) is 5.25. The van der Waals surface area contributed by atoms with E-state index in [2.05, 4.69) is 17.2 Å². The Kier molecular flexibility index (Phi) is 3.46. The second-order valence-electron chi connectivity index (χ2n) is 5.46. The zero-order valence-corrected chi connectivity index (χ0v) is 11.3. The van der Waals surface area contributed by atoms with Crippen LogP contribution in [0, 0.1) is 5.92 Å². The van der Waals surface area contributed by atoms with Crippen molar-refractivity contribution in [3.63, 3.8) is 0 Å². The highest BCUT2D eigenvalue weighted by Crippen LogP contribution is 2.31. The third-order valence-electron chi connectivity index (χ3n) is 3.75. The van der Waals surface area contributed by atoms with E-state index in [0.717, 1.165) is 25.5 Å². The topological polar surface area (TPSA) is 69.4 Å². The average molecular weight is 263 g/mol. The van der Waals surface area contributed by atoms with Crippen molar-refractivity contribution < 1.29 is 9.47 Å². The summed E-state index contributed by atoms with van der Waals surface area (Å²) >= 11 is 0. The quantitative estimate of drug-likeness (QED) is 0.850. The Morgan fingerprint density at radius 3 is 2.95 bits per heavy atom. The maximum atomic E-state index is 5.89. The van der Waals surface area contributed by atoms with E-state index in [1.165, 1.54) is 12.8 Å². The molecule has 3 rings (SSSR count). The molecule has 3 N–H and O–H groups in total. The number of nitrogen functional groups attached to an aromatic ring is 1. The molecule has 104 valence electrons. The summed E-state index contributed by atoms with van der Waals surface area (Å²) in [7, 11) is 0. The fourth-order valence-corrected chi connectivity index (χ4v) is 2.24. The Hall–Kier alpha value is -1.49. The van der Waals surface area contributed by atoms with E-state index in [9.17, 15) is 0 Å². The van der Waals surface area contributed by atoms with Crippen LogP contribution in [0.4, 0.5) is 11.5 Å². The third-order valence-corrected chi connectivity index (χ3v) is 3.75. The molecule has 1 aromatic heterocycles.